The number of nitrogens with two attached hydrogens (primary N) is 1. The van der Waals surface area contributed by atoms with Gasteiger partial charge in [0.05, 0.1) is 35.3 Å². The Morgan fingerprint density at radius 2 is 1.10 bits per heavy atom. The van der Waals surface area contributed by atoms with Crippen LogP contribution in [0.1, 0.15) is 91.9 Å². The topological polar surface area (TPSA) is 80.0 Å². The Bertz CT molecular complexity index is 1690. The molecule has 51 heavy (non-hydrogen) atoms. The number of hydrogen-bond acceptors (Lipinski definition) is 6. The van der Waals surface area contributed by atoms with E-state index < -0.39 is 7.60 Å². The Labute approximate surface area is 317 Å². The quantitative estimate of drug-likeness (QED) is 0.0871. The fourth-order valence-corrected chi connectivity index (χ4v) is 10.3. The molecule has 0 saturated heterocycles. The molecule has 278 valence electrons. The molecule has 0 aromatic heterocycles. The van der Waals surface area contributed by atoms with Crippen LogP contribution in [-0.4, -0.2) is 24.4 Å². The Hall–Kier alpha value is -2.62. The van der Waals surface area contributed by atoms with Crippen LogP contribution in [0.3, 0.4) is 0 Å². The number of nitrogen functional groups attached to an aromatic ring is 1. The van der Waals surface area contributed by atoms with Crippen molar-refractivity contribution in [2.24, 2.45) is 0 Å². The van der Waals surface area contributed by atoms with Crippen LogP contribution < -0.4 is 24.5 Å². The van der Waals surface area contributed by atoms with Gasteiger partial charge in [0.15, 0.2) is 0 Å². The summed E-state index contributed by atoms with van der Waals surface area (Å²) in [4.78, 5) is 0. The first-order valence-corrected chi connectivity index (χ1v) is 22.7. The summed E-state index contributed by atoms with van der Waals surface area (Å²) in [6.45, 7) is 8.04. The Morgan fingerprint density at radius 1 is 0.627 bits per heavy atom. The van der Waals surface area contributed by atoms with Gasteiger partial charge < -0.3 is 18.5 Å². The molecule has 0 aliphatic heterocycles. The second-order valence-electron chi connectivity index (χ2n) is 13.8. The number of halogens is 1. The van der Waals surface area contributed by atoms with E-state index in [1.54, 1.807) is 0 Å². The predicted molar refractivity (Wildman–Crippen MR) is 208 cm³/mol. The van der Waals surface area contributed by atoms with Crippen LogP contribution in [0, 0.1) is 0 Å². The van der Waals surface area contributed by atoms with E-state index >= 15 is 0 Å². The summed E-state index contributed by atoms with van der Waals surface area (Å²) in [5.74, 6) is 1.41. The van der Waals surface area contributed by atoms with E-state index in [9.17, 15) is 4.57 Å². The van der Waals surface area contributed by atoms with E-state index in [2.05, 4.69) is 6.07 Å². The van der Waals surface area contributed by atoms with E-state index in [0.29, 0.717) is 16.8 Å². The fourth-order valence-electron chi connectivity index (χ4n) is 6.73. The van der Waals surface area contributed by atoms with Crippen molar-refractivity contribution in [3.8, 4) is 33.8 Å². The molecular formula is C42H53ClNO5PPd. The van der Waals surface area contributed by atoms with E-state index in [0.717, 1.165) is 83.3 Å². The van der Waals surface area contributed by atoms with Crippen molar-refractivity contribution in [1.29, 1.82) is 0 Å². The van der Waals surface area contributed by atoms with E-state index in [1.165, 1.54) is 12.8 Å². The molecule has 0 amide bonds. The summed E-state index contributed by atoms with van der Waals surface area (Å²) in [6, 6.07) is 29.6. The van der Waals surface area contributed by atoms with Crippen molar-refractivity contribution in [3.05, 3.63) is 91.0 Å². The second kappa shape index (κ2) is 19.5. The van der Waals surface area contributed by atoms with Gasteiger partial charge in [0.2, 0.25) is 0 Å². The van der Waals surface area contributed by atoms with E-state index in [1.807, 2.05) is 113 Å². The molecule has 2 saturated carbocycles. The van der Waals surface area contributed by atoms with Crippen molar-refractivity contribution in [1.82, 2.24) is 0 Å². The van der Waals surface area contributed by atoms with Gasteiger partial charge in [0.25, 0.3) is 0 Å². The van der Waals surface area contributed by atoms with Crippen LogP contribution in [0.4, 0.5) is 5.69 Å². The molecule has 0 bridgehead atoms. The van der Waals surface area contributed by atoms with Crippen LogP contribution in [0.2, 0.25) is 0 Å². The zero-order chi connectivity index (χ0) is 36.2. The summed E-state index contributed by atoms with van der Waals surface area (Å²) in [7, 11) is 2.31. The molecule has 0 heterocycles. The molecule has 9 heteroatoms. The average Bonchev–Trinajstić information content (AvgIpc) is 3.13. The molecule has 6 rings (SSSR count). The number of benzene rings is 4. The van der Waals surface area contributed by atoms with Gasteiger partial charge in [0.1, 0.15) is 11.5 Å². The van der Waals surface area contributed by atoms with E-state index in [-0.39, 0.29) is 41.4 Å². The average molecular weight is 825 g/mol. The van der Waals surface area contributed by atoms with Gasteiger partial charge in [-0.2, -0.15) is 0 Å². The molecule has 2 N–H and O–H groups in total. The summed E-state index contributed by atoms with van der Waals surface area (Å²) < 4.78 is 41.6. The van der Waals surface area contributed by atoms with Gasteiger partial charge in [-0.25, -0.2) is 0 Å². The number of rotatable bonds is 12. The summed E-state index contributed by atoms with van der Waals surface area (Å²) in [5.41, 5.74) is 10.5. The molecular weight excluding hydrogens is 771 g/mol. The monoisotopic (exact) mass is 823 g/mol. The van der Waals surface area contributed by atoms with Crippen LogP contribution >= 0.6 is 17.1 Å². The van der Waals surface area contributed by atoms with Crippen molar-refractivity contribution in [3.63, 3.8) is 0 Å². The third-order valence-electron chi connectivity index (χ3n) is 9.02. The number of anilines is 1. The predicted octanol–water partition coefficient (Wildman–Crippen LogP) is 11.2. The van der Waals surface area contributed by atoms with Gasteiger partial charge in [-0.05, 0) is 71.6 Å². The molecule has 2 aliphatic carbocycles. The minimum atomic E-state index is -3.63. The number of ether oxygens (including phenoxy) is 2. The van der Waals surface area contributed by atoms with E-state index in [4.69, 9.17) is 33.8 Å². The molecule has 0 atom stereocenters. The van der Waals surface area contributed by atoms with Crippen molar-refractivity contribution < 1.29 is 40.0 Å². The maximum atomic E-state index is 14.9. The maximum absolute atomic E-state index is 14.9. The fraction of sp³-hybridized carbons (Fsp3) is 0.429. The molecule has 6 nitrogen and oxygen atoms in total. The Morgan fingerprint density at radius 3 is 1.61 bits per heavy atom. The normalized spacial score (nSPS) is 15.8. The number of hydrogen-bond donors (Lipinski definition) is 1. The standard InChI is InChI=1S/C30H43O5P.C12H10N.ClH.Pd/c1-22(2)32-27-19-13-20-28(33-23(3)4)30(27)26-18-11-12-21-29(26)36(31,34-24-14-7-5-8-15-24)35-25-16-9-6-10-17-25;13-12-9-5-4-8-11(12)10-6-2-1-3-7-10;;/h11-13,18-25H,5-10,14-17H2,1-4H3;1-6,8-9H,13H2;1H;/q;;;+1/p-1. The third kappa shape index (κ3) is 11.0. The summed E-state index contributed by atoms with van der Waals surface area (Å²) in [6.07, 6.45) is 10.4. The first-order chi connectivity index (χ1) is 24.7. The SMILES string of the molecule is CC(C)Oc1cccc(OC(C)C)c1-c1ccccc1P(=O)(OC1CCCCC1)OC1CCCCC1.Nc1ccccc1-c1cccc[c]1[Pd][Cl]. The van der Waals surface area contributed by atoms with Gasteiger partial charge in [-0.1, -0.05) is 62.8 Å². The first kappa shape index (κ1) is 39.6. The summed E-state index contributed by atoms with van der Waals surface area (Å²) in [5, 5.41) is 0.606. The van der Waals surface area contributed by atoms with Crippen LogP contribution in [-0.2, 0) is 30.6 Å². The van der Waals surface area contributed by atoms with Gasteiger partial charge in [-0.15, -0.1) is 0 Å². The van der Waals surface area contributed by atoms with Crippen LogP contribution in [0.15, 0.2) is 91.0 Å². The third-order valence-corrected chi connectivity index (χ3v) is 12.9. The van der Waals surface area contributed by atoms with Crippen molar-refractivity contribution >= 4 is 32.2 Å². The molecule has 0 spiro atoms. The van der Waals surface area contributed by atoms with Gasteiger partial charge in [-0.3, -0.25) is 4.57 Å². The van der Waals surface area contributed by atoms with Gasteiger partial charge in [0, 0.05) is 5.56 Å². The van der Waals surface area contributed by atoms with Crippen molar-refractivity contribution in [2.75, 3.05) is 5.73 Å². The zero-order valence-corrected chi connectivity index (χ0v) is 33.5. The van der Waals surface area contributed by atoms with Gasteiger partial charge >= 0.3 is 109 Å². The molecule has 4 aromatic rings. The zero-order valence-electron chi connectivity index (χ0n) is 30.3. The molecule has 2 fully saturated rings. The first-order valence-electron chi connectivity index (χ1n) is 18.4. The van der Waals surface area contributed by atoms with Crippen molar-refractivity contribution in [2.45, 2.75) is 116 Å². The number of para-hydroxylation sites is 1. The Kier molecular flexibility index (Phi) is 15.1. The summed E-state index contributed by atoms with van der Waals surface area (Å²) >= 11 is 0.0778. The molecule has 0 unspecified atom stereocenters. The second-order valence-corrected chi connectivity index (χ2v) is 17.5. The van der Waals surface area contributed by atoms with Crippen LogP contribution in [0.5, 0.6) is 11.5 Å². The Balaban J connectivity index is 0.000000279. The minimum absolute atomic E-state index is 0.0194. The molecule has 2 aliphatic rings. The molecule has 4 aromatic carbocycles. The van der Waals surface area contributed by atoms with Crippen LogP contribution in [0.25, 0.3) is 22.3 Å². The molecule has 0 radical (unpaired) electrons.